The average Bonchev–Trinajstić information content (AvgIpc) is 3.04. The summed E-state index contributed by atoms with van der Waals surface area (Å²) in [6.07, 6.45) is 1.71. The summed E-state index contributed by atoms with van der Waals surface area (Å²) in [7, 11) is 1.33. The van der Waals surface area contributed by atoms with E-state index in [0.717, 1.165) is 5.56 Å². The fraction of sp³-hybridized carbons (Fsp3) is 0.294. The minimum absolute atomic E-state index is 0.139. The van der Waals surface area contributed by atoms with Gasteiger partial charge in [-0.05, 0) is 31.2 Å². The number of ether oxygens (including phenoxy) is 1. The van der Waals surface area contributed by atoms with Crippen LogP contribution in [0.3, 0.4) is 0 Å². The number of amides is 1. The molecule has 0 N–H and O–H groups in total. The third-order valence-electron chi connectivity index (χ3n) is 3.33. The summed E-state index contributed by atoms with van der Waals surface area (Å²) >= 11 is 0. The molecule has 1 heterocycles. The van der Waals surface area contributed by atoms with Crippen LogP contribution in [0.15, 0.2) is 47.1 Å². The first-order valence-corrected chi connectivity index (χ1v) is 7.05. The van der Waals surface area contributed by atoms with E-state index in [4.69, 9.17) is 4.42 Å². The predicted octanol–water partition coefficient (Wildman–Crippen LogP) is 2.79. The van der Waals surface area contributed by atoms with Crippen LogP contribution in [0.1, 0.15) is 28.1 Å². The number of furan rings is 1. The van der Waals surface area contributed by atoms with Crippen molar-refractivity contribution < 1.29 is 18.7 Å². The molecule has 5 nitrogen and oxygen atoms in total. The van der Waals surface area contributed by atoms with Gasteiger partial charge in [-0.1, -0.05) is 17.7 Å². The van der Waals surface area contributed by atoms with Crippen molar-refractivity contribution in [1.29, 1.82) is 0 Å². The number of benzene rings is 1. The van der Waals surface area contributed by atoms with Crippen molar-refractivity contribution >= 4 is 11.9 Å². The fourth-order valence-corrected chi connectivity index (χ4v) is 2.05. The number of nitrogens with zero attached hydrogens (tertiary/aromatic N) is 1. The third-order valence-corrected chi connectivity index (χ3v) is 3.33. The molecule has 22 heavy (non-hydrogen) atoms. The molecule has 1 aromatic carbocycles. The zero-order valence-corrected chi connectivity index (χ0v) is 12.7. The Morgan fingerprint density at radius 3 is 2.50 bits per heavy atom. The second kappa shape index (κ2) is 7.45. The van der Waals surface area contributed by atoms with Gasteiger partial charge in [-0.3, -0.25) is 9.59 Å². The lowest BCUT2D eigenvalue weighted by molar-refractivity contribution is -0.140. The van der Waals surface area contributed by atoms with Gasteiger partial charge in [-0.25, -0.2) is 0 Å². The molecule has 0 saturated carbocycles. The molecular formula is C17H19NO4. The Morgan fingerprint density at radius 2 is 1.91 bits per heavy atom. The summed E-state index contributed by atoms with van der Waals surface area (Å²) in [5, 5.41) is 0. The van der Waals surface area contributed by atoms with Crippen molar-refractivity contribution in [3.8, 4) is 0 Å². The van der Waals surface area contributed by atoms with Crippen LogP contribution >= 0.6 is 0 Å². The Balaban J connectivity index is 2.12. The predicted molar refractivity (Wildman–Crippen MR) is 81.3 cm³/mol. The lowest BCUT2D eigenvalue weighted by atomic mass is 10.1. The van der Waals surface area contributed by atoms with Crippen LogP contribution in [-0.2, 0) is 16.1 Å². The number of rotatable bonds is 6. The highest BCUT2D eigenvalue weighted by molar-refractivity contribution is 5.94. The molecule has 1 aromatic heterocycles. The van der Waals surface area contributed by atoms with Gasteiger partial charge in [0.15, 0.2) is 0 Å². The summed E-state index contributed by atoms with van der Waals surface area (Å²) in [6, 6.07) is 10.9. The highest BCUT2D eigenvalue weighted by Crippen LogP contribution is 2.12. The fourth-order valence-electron chi connectivity index (χ4n) is 2.05. The zero-order chi connectivity index (χ0) is 15.9. The molecule has 0 fully saturated rings. The minimum atomic E-state index is -0.346. The molecular weight excluding hydrogens is 282 g/mol. The Labute approximate surface area is 129 Å². The second-order valence-electron chi connectivity index (χ2n) is 5.00. The SMILES string of the molecule is COC(=O)CCN(Cc1ccco1)C(=O)c1ccc(C)cc1. The van der Waals surface area contributed by atoms with Crippen molar-refractivity contribution in [2.24, 2.45) is 0 Å². The molecule has 0 atom stereocenters. The first-order chi connectivity index (χ1) is 10.6. The van der Waals surface area contributed by atoms with Gasteiger partial charge in [0.25, 0.3) is 5.91 Å². The quantitative estimate of drug-likeness (QED) is 0.770. The molecule has 2 aromatic rings. The first-order valence-electron chi connectivity index (χ1n) is 7.05. The molecule has 0 aliphatic rings. The lowest BCUT2D eigenvalue weighted by Crippen LogP contribution is -2.32. The topological polar surface area (TPSA) is 59.8 Å². The maximum Gasteiger partial charge on any atom is 0.307 e. The highest BCUT2D eigenvalue weighted by Gasteiger charge is 2.18. The molecule has 116 valence electrons. The summed E-state index contributed by atoms with van der Waals surface area (Å²) in [4.78, 5) is 25.5. The summed E-state index contributed by atoms with van der Waals surface area (Å²) < 4.78 is 9.93. The Kier molecular flexibility index (Phi) is 5.36. The van der Waals surface area contributed by atoms with E-state index >= 15 is 0 Å². The summed E-state index contributed by atoms with van der Waals surface area (Å²) in [6.45, 7) is 2.56. The maximum atomic E-state index is 12.6. The molecule has 0 bridgehead atoms. The van der Waals surface area contributed by atoms with Crippen LogP contribution in [0.25, 0.3) is 0 Å². The van der Waals surface area contributed by atoms with Crippen molar-refractivity contribution in [3.05, 3.63) is 59.5 Å². The van der Waals surface area contributed by atoms with E-state index in [1.54, 1.807) is 35.4 Å². The van der Waals surface area contributed by atoms with Crippen molar-refractivity contribution in [3.63, 3.8) is 0 Å². The number of hydrogen-bond acceptors (Lipinski definition) is 4. The van der Waals surface area contributed by atoms with Crippen LogP contribution in [0.2, 0.25) is 0 Å². The summed E-state index contributed by atoms with van der Waals surface area (Å²) in [5.74, 6) is 0.187. The van der Waals surface area contributed by atoms with Gasteiger partial charge >= 0.3 is 5.97 Å². The molecule has 0 aliphatic heterocycles. The lowest BCUT2D eigenvalue weighted by Gasteiger charge is -2.21. The average molecular weight is 301 g/mol. The van der Waals surface area contributed by atoms with Crippen molar-refractivity contribution in [2.75, 3.05) is 13.7 Å². The van der Waals surface area contributed by atoms with E-state index < -0.39 is 0 Å². The Hall–Kier alpha value is -2.56. The summed E-state index contributed by atoms with van der Waals surface area (Å²) in [5.41, 5.74) is 1.67. The van der Waals surface area contributed by atoms with E-state index in [-0.39, 0.29) is 24.8 Å². The highest BCUT2D eigenvalue weighted by atomic mass is 16.5. The van der Waals surface area contributed by atoms with E-state index in [9.17, 15) is 9.59 Å². The number of hydrogen-bond donors (Lipinski definition) is 0. The van der Waals surface area contributed by atoms with E-state index in [0.29, 0.717) is 17.9 Å². The molecule has 5 heteroatoms. The molecule has 0 unspecified atom stereocenters. The van der Waals surface area contributed by atoms with Crippen LogP contribution in [0.4, 0.5) is 0 Å². The zero-order valence-electron chi connectivity index (χ0n) is 12.7. The molecule has 1 amide bonds. The number of carbonyl (C=O) groups excluding carboxylic acids is 2. The van der Waals surface area contributed by atoms with Crippen LogP contribution < -0.4 is 0 Å². The van der Waals surface area contributed by atoms with Gasteiger partial charge in [0.05, 0.1) is 26.3 Å². The van der Waals surface area contributed by atoms with E-state index in [1.807, 2.05) is 19.1 Å². The van der Waals surface area contributed by atoms with Gasteiger partial charge in [0.2, 0.25) is 0 Å². The number of methoxy groups -OCH3 is 1. The van der Waals surface area contributed by atoms with Gasteiger partial charge in [-0.15, -0.1) is 0 Å². The monoisotopic (exact) mass is 301 g/mol. The molecule has 0 aliphatic carbocycles. The van der Waals surface area contributed by atoms with Gasteiger partial charge in [0, 0.05) is 12.1 Å². The largest absolute Gasteiger partial charge is 0.469 e. The normalized spacial score (nSPS) is 10.3. The third kappa shape index (κ3) is 4.22. The number of esters is 1. The van der Waals surface area contributed by atoms with Gasteiger partial charge in [-0.2, -0.15) is 0 Å². The molecule has 2 rings (SSSR count). The van der Waals surface area contributed by atoms with E-state index in [2.05, 4.69) is 4.74 Å². The molecule has 0 radical (unpaired) electrons. The standard InChI is InChI=1S/C17H19NO4/c1-13-5-7-14(8-6-13)17(20)18(10-9-16(19)21-2)12-15-4-3-11-22-15/h3-8,11H,9-10,12H2,1-2H3. The van der Waals surface area contributed by atoms with Crippen LogP contribution in [0.5, 0.6) is 0 Å². The van der Waals surface area contributed by atoms with Crippen molar-refractivity contribution in [2.45, 2.75) is 19.9 Å². The number of carbonyl (C=O) groups is 2. The van der Waals surface area contributed by atoms with Crippen molar-refractivity contribution in [1.82, 2.24) is 4.90 Å². The van der Waals surface area contributed by atoms with Crippen LogP contribution in [0, 0.1) is 6.92 Å². The Morgan fingerprint density at radius 1 is 1.18 bits per heavy atom. The van der Waals surface area contributed by atoms with Crippen LogP contribution in [-0.4, -0.2) is 30.4 Å². The van der Waals surface area contributed by atoms with E-state index in [1.165, 1.54) is 7.11 Å². The minimum Gasteiger partial charge on any atom is -0.469 e. The first kappa shape index (κ1) is 15.8. The van der Waals surface area contributed by atoms with Gasteiger partial charge in [0.1, 0.15) is 5.76 Å². The maximum absolute atomic E-state index is 12.6. The smallest absolute Gasteiger partial charge is 0.307 e. The Bertz CT molecular complexity index is 617. The second-order valence-corrected chi connectivity index (χ2v) is 5.00. The molecule has 0 spiro atoms. The number of aryl methyl sites for hydroxylation is 1. The molecule has 0 saturated heterocycles. The van der Waals surface area contributed by atoms with Gasteiger partial charge < -0.3 is 14.1 Å².